The normalized spacial score (nSPS) is 14.2. The average molecular weight is 567 g/mol. The highest BCUT2D eigenvalue weighted by atomic mass is 127. The Bertz CT molecular complexity index is 1210. The molecule has 3 heterocycles. The fourth-order valence-electron chi connectivity index (χ4n) is 4.30. The van der Waals surface area contributed by atoms with Crippen LogP contribution in [0.15, 0.2) is 84.2 Å². The second kappa shape index (κ2) is 11.3. The molecule has 0 saturated carbocycles. The van der Waals surface area contributed by atoms with Crippen LogP contribution in [0.4, 0.5) is 5.82 Å². The predicted octanol–water partition coefficient (Wildman–Crippen LogP) is 4.00. The number of rotatable bonds is 5. The second-order valence-corrected chi connectivity index (χ2v) is 8.24. The molecule has 0 atom stereocenters. The molecule has 0 spiro atoms. The number of hydrogen-bond donors (Lipinski definition) is 1. The molecule has 0 amide bonds. The van der Waals surface area contributed by atoms with Crippen LogP contribution < -0.4 is 10.2 Å². The molecule has 4 aromatic rings. The maximum absolute atomic E-state index is 4.51. The minimum atomic E-state index is 0. The molecule has 1 N–H and O–H groups in total. The minimum absolute atomic E-state index is 0. The Labute approximate surface area is 217 Å². The van der Waals surface area contributed by atoms with Gasteiger partial charge in [-0.05, 0) is 35.4 Å². The summed E-state index contributed by atoms with van der Waals surface area (Å²) >= 11 is 0. The molecule has 0 unspecified atom stereocenters. The van der Waals surface area contributed by atoms with Crippen molar-refractivity contribution < 1.29 is 0 Å². The molecule has 1 saturated heterocycles. The van der Waals surface area contributed by atoms with Gasteiger partial charge >= 0.3 is 0 Å². The quantitative estimate of drug-likeness (QED) is 0.225. The molecule has 0 radical (unpaired) electrons. The first-order valence-electron chi connectivity index (χ1n) is 11.4. The number of halogens is 1. The summed E-state index contributed by atoms with van der Waals surface area (Å²) in [6.45, 7) is 5.30. The van der Waals surface area contributed by atoms with E-state index in [0.29, 0.717) is 0 Å². The van der Waals surface area contributed by atoms with Gasteiger partial charge in [-0.3, -0.25) is 4.99 Å². The third-order valence-corrected chi connectivity index (χ3v) is 6.12. The largest absolute Gasteiger partial charge is 0.353 e. The lowest BCUT2D eigenvalue weighted by Gasteiger charge is -2.37. The molecule has 1 fully saturated rings. The number of imidazole rings is 1. The van der Waals surface area contributed by atoms with E-state index in [1.165, 1.54) is 11.1 Å². The van der Waals surface area contributed by atoms with Gasteiger partial charge in [0.1, 0.15) is 5.82 Å². The fourth-order valence-corrected chi connectivity index (χ4v) is 4.30. The van der Waals surface area contributed by atoms with E-state index >= 15 is 0 Å². The van der Waals surface area contributed by atoms with Crippen LogP contribution in [-0.2, 0) is 13.1 Å². The number of pyridine rings is 1. The predicted molar refractivity (Wildman–Crippen MR) is 149 cm³/mol. The number of benzene rings is 2. The van der Waals surface area contributed by atoms with E-state index in [0.717, 1.165) is 62.1 Å². The average Bonchev–Trinajstić information content (AvgIpc) is 3.29. The fraction of sp³-hybridized carbons (Fsp3) is 0.269. The van der Waals surface area contributed by atoms with Gasteiger partial charge in [0.25, 0.3) is 0 Å². The zero-order valence-corrected chi connectivity index (χ0v) is 21.7. The van der Waals surface area contributed by atoms with Crippen molar-refractivity contribution in [3.05, 3.63) is 90.4 Å². The molecular weight excluding hydrogens is 537 g/mol. The molecule has 1 aliphatic heterocycles. The van der Waals surface area contributed by atoms with Gasteiger partial charge in [-0.25, -0.2) is 9.97 Å². The summed E-state index contributed by atoms with van der Waals surface area (Å²) in [5, 5.41) is 3.53. The Kier molecular flexibility index (Phi) is 7.99. The first-order valence-corrected chi connectivity index (χ1v) is 11.4. The topological polar surface area (TPSA) is 61.6 Å². The lowest BCUT2D eigenvalue weighted by atomic mass is 10.1. The third-order valence-electron chi connectivity index (χ3n) is 6.12. The first kappa shape index (κ1) is 24.0. The Hall–Kier alpha value is -3.14. The maximum Gasteiger partial charge on any atom is 0.194 e. The van der Waals surface area contributed by atoms with Gasteiger partial charge in [0.15, 0.2) is 5.96 Å². The summed E-state index contributed by atoms with van der Waals surface area (Å²) in [5.74, 6) is 1.99. The van der Waals surface area contributed by atoms with Crippen LogP contribution in [0.2, 0.25) is 0 Å². The van der Waals surface area contributed by atoms with Crippen LogP contribution in [0, 0.1) is 0 Å². The highest BCUT2D eigenvalue weighted by molar-refractivity contribution is 14.0. The number of aliphatic imine (C=N–C) groups is 1. The van der Waals surface area contributed by atoms with E-state index in [2.05, 4.69) is 77.1 Å². The number of fused-ring (bicyclic) bond motifs is 1. The van der Waals surface area contributed by atoms with Gasteiger partial charge < -0.3 is 19.7 Å². The summed E-state index contributed by atoms with van der Waals surface area (Å²) in [6, 6.07) is 23.1. The van der Waals surface area contributed by atoms with Gasteiger partial charge in [-0.2, -0.15) is 0 Å². The standard InChI is InChI=1S/C26H29N7.HI/c1-27-26(32-16-14-31(15-17-32)25-8-4-5-13-28-25)29-18-21-9-11-22(12-10-21)19-33-20-30-23-6-2-3-7-24(23)33;/h2-13,20H,14-19H2,1H3,(H,27,29);1H. The van der Waals surface area contributed by atoms with Crippen LogP contribution >= 0.6 is 24.0 Å². The molecule has 0 aliphatic carbocycles. The van der Waals surface area contributed by atoms with Crippen molar-refractivity contribution >= 4 is 46.8 Å². The molecule has 2 aromatic carbocycles. The van der Waals surface area contributed by atoms with E-state index < -0.39 is 0 Å². The highest BCUT2D eigenvalue weighted by Crippen LogP contribution is 2.15. The summed E-state index contributed by atoms with van der Waals surface area (Å²) < 4.78 is 2.19. The molecule has 7 nitrogen and oxygen atoms in total. The van der Waals surface area contributed by atoms with Crippen molar-refractivity contribution in [1.82, 2.24) is 24.8 Å². The Balaban J connectivity index is 0.00000274. The van der Waals surface area contributed by atoms with Crippen molar-refractivity contribution in [3.63, 3.8) is 0 Å². The number of nitrogens with zero attached hydrogens (tertiary/aromatic N) is 6. The molecule has 34 heavy (non-hydrogen) atoms. The van der Waals surface area contributed by atoms with Gasteiger partial charge in [-0.15, -0.1) is 24.0 Å². The van der Waals surface area contributed by atoms with Crippen molar-refractivity contribution in [1.29, 1.82) is 0 Å². The SMILES string of the molecule is CN=C(NCc1ccc(Cn2cnc3ccccc32)cc1)N1CCN(c2ccccn2)CC1.I. The van der Waals surface area contributed by atoms with Crippen molar-refractivity contribution in [2.24, 2.45) is 4.99 Å². The molecule has 1 aliphatic rings. The number of para-hydroxylation sites is 2. The van der Waals surface area contributed by atoms with E-state index in [9.17, 15) is 0 Å². The molecule has 176 valence electrons. The highest BCUT2D eigenvalue weighted by Gasteiger charge is 2.20. The van der Waals surface area contributed by atoms with Crippen molar-refractivity contribution in [3.8, 4) is 0 Å². The summed E-state index contributed by atoms with van der Waals surface area (Å²) in [4.78, 5) is 18.1. The molecule has 8 heteroatoms. The van der Waals surface area contributed by atoms with E-state index in [1.54, 1.807) is 0 Å². The van der Waals surface area contributed by atoms with E-state index in [4.69, 9.17) is 0 Å². The lowest BCUT2D eigenvalue weighted by Crippen LogP contribution is -2.52. The number of piperazine rings is 1. The van der Waals surface area contributed by atoms with Gasteiger partial charge in [0.2, 0.25) is 0 Å². The molecule has 5 rings (SSSR count). The minimum Gasteiger partial charge on any atom is -0.353 e. The monoisotopic (exact) mass is 567 g/mol. The second-order valence-electron chi connectivity index (χ2n) is 8.24. The number of hydrogen-bond acceptors (Lipinski definition) is 4. The van der Waals surface area contributed by atoms with Gasteiger partial charge in [-0.1, -0.05) is 42.5 Å². The lowest BCUT2D eigenvalue weighted by molar-refractivity contribution is 0.371. The van der Waals surface area contributed by atoms with Crippen LogP contribution in [0.3, 0.4) is 0 Å². The zero-order valence-electron chi connectivity index (χ0n) is 19.3. The van der Waals surface area contributed by atoms with Crippen molar-refractivity contribution in [2.75, 3.05) is 38.1 Å². The molecule has 2 aromatic heterocycles. The van der Waals surface area contributed by atoms with Crippen LogP contribution in [-0.4, -0.2) is 58.6 Å². The number of anilines is 1. The number of guanidine groups is 1. The van der Waals surface area contributed by atoms with E-state index in [1.807, 2.05) is 43.8 Å². The number of aromatic nitrogens is 3. The summed E-state index contributed by atoms with van der Waals surface area (Å²) in [5.41, 5.74) is 4.69. The Morgan fingerprint density at radius 3 is 2.35 bits per heavy atom. The number of nitrogens with one attached hydrogen (secondary N) is 1. The van der Waals surface area contributed by atoms with Crippen LogP contribution in [0.1, 0.15) is 11.1 Å². The van der Waals surface area contributed by atoms with E-state index in [-0.39, 0.29) is 24.0 Å². The first-order chi connectivity index (χ1) is 16.3. The smallest absolute Gasteiger partial charge is 0.194 e. The third kappa shape index (κ3) is 5.49. The Morgan fingerprint density at radius 1 is 0.882 bits per heavy atom. The van der Waals surface area contributed by atoms with Gasteiger partial charge in [0, 0.05) is 52.5 Å². The van der Waals surface area contributed by atoms with Crippen LogP contribution in [0.5, 0.6) is 0 Å². The molecule has 0 bridgehead atoms. The van der Waals surface area contributed by atoms with Crippen molar-refractivity contribution in [2.45, 2.75) is 13.1 Å². The van der Waals surface area contributed by atoms with Gasteiger partial charge in [0.05, 0.1) is 17.4 Å². The summed E-state index contributed by atoms with van der Waals surface area (Å²) in [7, 11) is 1.85. The zero-order chi connectivity index (χ0) is 22.5. The Morgan fingerprint density at radius 2 is 1.62 bits per heavy atom. The maximum atomic E-state index is 4.51. The van der Waals surface area contributed by atoms with Crippen LogP contribution in [0.25, 0.3) is 11.0 Å². The summed E-state index contributed by atoms with van der Waals surface area (Å²) in [6.07, 6.45) is 3.77. The molecular formula is C26H30IN7.